The van der Waals surface area contributed by atoms with Gasteiger partial charge in [0.05, 0.1) is 5.02 Å². The highest BCUT2D eigenvalue weighted by molar-refractivity contribution is 6.32. The van der Waals surface area contributed by atoms with E-state index < -0.39 is 0 Å². The number of rotatable bonds is 5. The van der Waals surface area contributed by atoms with E-state index in [0.717, 1.165) is 26.2 Å². The van der Waals surface area contributed by atoms with Crippen LogP contribution in [0.4, 0.5) is 4.39 Å². The van der Waals surface area contributed by atoms with E-state index in [1.54, 1.807) is 6.07 Å². The fraction of sp³-hybridized carbons (Fsp3) is 0.353. The Balaban J connectivity index is 1.59. The molecule has 1 N–H and O–H groups in total. The second kappa shape index (κ2) is 7.73. The number of benzene rings is 1. The normalized spacial score (nSPS) is 18.8. The molecule has 0 bridgehead atoms. The third-order valence-corrected chi connectivity index (χ3v) is 4.27. The second-order valence-corrected chi connectivity index (χ2v) is 5.87. The van der Waals surface area contributed by atoms with E-state index in [2.05, 4.69) is 15.2 Å². The highest BCUT2D eigenvalue weighted by Gasteiger charge is 2.23. The van der Waals surface area contributed by atoms with E-state index in [1.807, 2.05) is 24.5 Å². The van der Waals surface area contributed by atoms with Gasteiger partial charge in [-0.15, -0.1) is 0 Å². The van der Waals surface area contributed by atoms with Crippen molar-refractivity contribution in [3.05, 3.63) is 59.1 Å². The first-order chi connectivity index (χ1) is 11.2. The highest BCUT2D eigenvalue weighted by atomic mass is 35.5. The predicted octanol–water partition coefficient (Wildman–Crippen LogP) is 2.90. The summed E-state index contributed by atoms with van der Waals surface area (Å²) in [5, 5.41) is 3.72. The quantitative estimate of drug-likeness (QED) is 0.911. The van der Waals surface area contributed by atoms with Crippen LogP contribution in [0.5, 0.6) is 5.75 Å². The van der Waals surface area contributed by atoms with Crippen LogP contribution < -0.4 is 10.1 Å². The summed E-state index contributed by atoms with van der Waals surface area (Å²) in [5.41, 5.74) is 1.24. The molecular formula is C17H19ClFN3O. The van der Waals surface area contributed by atoms with Crippen LogP contribution in [0.1, 0.15) is 11.6 Å². The van der Waals surface area contributed by atoms with Crippen molar-refractivity contribution in [2.75, 3.05) is 32.8 Å². The highest BCUT2D eigenvalue weighted by Crippen LogP contribution is 2.25. The van der Waals surface area contributed by atoms with Gasteiger partial charge in [-0.1, -0.05) is 11.6 Å². The molecule has 0 aliphatic carbocycles. The molecule has 23 heavy (non-hydrogen) atoms. The third kappa shape index (κ3) is 4.19. The van der Waals surface area contributed by atoms with Crippen molar-refractivity contribution in [2.45, 2.75) is 6.04 Å². The van der Waals surface area contributed by atoms with E-state index in [1.165, 1.54) is 17.7 Å². The van der Waals surface area contributed by atoms with Crippen molar-refractivity contribution in [3.63, 3.8) is 0 Å². The standard InChI is InChI=1S/C17H19ClFN3O/c18-15-11-14(19)1-2-17(15)23-10-9-22-8-7-21-12-16(22)13-3-5-20-6-4-13/h1-6,11,16,21H,7-10,12H2. The van der Waals surface area contributed by atoms with Gasteiger partial charge in [-0.05, 0) is 35.9 Å². The molecule has 0 spiro atoms. The van der Waals surface area contributed by atoms with Gasteiger partial charge in [0, 0.05) is 44.6 Å². The van der Waals surface area contributed by atoms with E-state index in [4.69, 9.17) is 16.3 Å². The van der Waals surface area contributed by atoms with E-state index in [0.29, 0.717) is 23.4 Å². The molecular weight excluding hydrogens is 317 g/mol. The molecule has 4 nitrogen and oxygen atoms in total. The third-order valence-electron chi connectivity index (χ3n) is 3.98. The number of hydrogen-bond donors (Lipinski definition) is 1. The summed E-state index contributed by atoms with van der Waals surface area (Å²) in [5.74, 6) is 0.158. The summed E-state index contributed by atoms with van der Waals surface area (Å²) in [4.78, 5) is 6.45. The van der Waals surface area contributed by atoms with E-state index >= 15 is 0 Å². The fourth-order valence-electron chi connectivity index (χ4n) is 2.79. The summed E-state index contributed by atoms with van der Waals surface area (Å²) in [6.07, 6.45) is 3.63. The Bertz CT molecular complexity index is 641. The summed E-state index contributed by atoms with van der Waals surface area (Å²) < 4.78 is 18.7. The maximum Gasteiger partial charge on any atom is 0.138 e. The first-order valence-electron chi connectivity index (χ1n) is 7.66. The van der Waals surface area contributed by atoms with Gasteiger partial charge in [-0.25, -0.2) is 4.39 Å². The van der Waals surface area contributed by atoms with Gasteiger partial charge in [-0.3, -0.25) is 9.88 Å². The summed E-state index contributed by atoms with van der Waals surface area (Å²) in [7, 11) is 0. The Kier molecular flexibility index (Phi) is 5.43. The van der Waals surface area contributed by atoms with Crippen molar-refractivity contribution < 1.29 is 9.13 Å². The largest absolute Gasteiger partial charge is 0.491 e. The molecule has 122 valence electrons. The summed E-state index contributed by atoms with van der Waals surface area (Å²) in [6, 6.07) is 8.58. The molecule has 1 aromatic heterocycles. The molecule has 0 radical (unpaired) electrons. The van der Waals surface area contributed by atoms with Gasteiger partial charge in [-0.2, -0.15) is 0 Å². The SMILES string of the molecule is Fc1ccc(OCCN2CCNCC2c2ccncc2)c(Cl)c1. The summed E-state index contributed by atoms with van der Waals surface area (Å²) >= 11 is 5.98. The average molecular weight is 336 g/mol. The molecule has 1 fully saturated rings. The second-order valence-electron chi connectivity index (χ2n) is 5.46. The van der Waals surface area contributed by atoms with Crippen molar-refractivity contribution >= 4 is 11.6 Å². The van der Waals surface area contributed by atoms with Crippen molar-refractivity contribution in [1.82, 2.24) is 15.2 Å². The topological polar surface area (TPSA) is 37.4 Å². The van der Waals surface area contributed by atoms with Crippen molar-refractivity contribution in [2.24, 2.45) is 0 Å². The van der Waals surface area contributed by atoms with Gasteiger partial charge in [0.2, 0.25) is 0 Å². The molecule has 0 saturated carbocycles. The van der Waals surface area contributed by atoms with Gasteiger partial charge in [0.1, 0.15) is 18.2 Å². The van der Waals surface area contributed by atoms with Crippen molar-refractivity contribution in [3.8, 4) is 5.75 Å². The Labute approximate surface area is 140 Å². The van der Waals surface area contributed by atoms with Crippen LogP contribution in [0.3, 0.4) is 0 Å². The Morgan fingerprint density at radius 2 is 2.13 bits per heavy atom. The lowest BCUT2D eigenvalue weighted by molar-refractivity contribution is 0.134. The van der Waals surface area contributed by atoms with Crippen molar-refractivity contribution in [1.29, 1.82) is 0 Å². The van der Waals surface area contributed by atoms with E-state index in [-0.39, 0.29) is 5.82 Å². The van der Waals surface area contributed by atoms with Gasteiger partial charge in [0.25, 0.3) is 0 Å². The molecule has 1 aliphatic heterocycles. The number of nitrogens with one attached hydrogen (secondary N) is 1. The Morgan fingerprint density at radius 1 is 1.30 bits per heavy atom. The molecule has 1 unspecified atom stereocenters. The fourth-order valence-corrected chi connectivity index (χ4v) is 3.02. The number of pyridine rings is 1. The van der Waals surface area contributed by atoms with Crippen LogP contribution >= 0.6 is 11.6 Å². The van der Waals surface area contributed by atoms with Gasteiger partial charge < -0.3 is 10.1 Å². The molecule has 1 atom stereocenters. The van der Waals surface area contributed by atoms with Crippen LogP contribution in [-0.2, 0) is 0 Å². The minimum atomic E-state index is -0.359. The molecule has 1 aromatic carbocycles. The number of halogens is 2. The molecule has 2 heterocycles. The minimum absolute atomic E-state index is 0.302. The Morgan fingerprint density at radius 3 is 2.91 bits per heavy atom. The predicted molar refractivity (Wildman–Crippen MR) is 88.3 cm³/mol. The van der Waals surface area contributed by atoms with Crippen LogP contribution in [0.2, 0.25) is 5.02 Å². The lowest BCUT2D eigenvalue weighted by atomic mass is 10.0. The lowest BCUT2D eigenvalue weighted by Gasteiger charge is -2.36. The first kappa shape index (κ1) is 16.2. The number of ether oxygens (including phenoxy) is 1. The average Bonchev–Trinajstić information content (AvgIpc) is 2.58. The monoisotopic (exact) mass is 335 g/mol. The minimum Gasteiger partial charge on any atom is -0.491 e. The first-order valence-corrected chi connectivity index (χ1v) is 8.04. The summed E-state index contributed by atoms with van der Waals surface area (Å²) in [6.45, 7) is 4.10. The maximum atomic E-state index is 13.0. The molecule has 0 amide bonds. The maximum absolute atomic E-state index is 13.0. The number of nitrogens with zero attached hydrogens (tertiary/aromatic N) is 2. The number of aromatic nitrogens is 1. The zero-order valence-corrected chi connectivity index (χ0v) is 13.5. The number of hydrogen-bond acceptors (Lipinski definition) is 4. The van der Waals surface area contributed by atoms with Gasteiger partial charge >= 0.3 is 0 Å². The van der Waals surface area contributed by atoms with Crippen LogP contribution in [-0.4, -0.2) is 42.7 Å². The lowest BCUT2D eigenvalue weighted by Crippen LogP contribution is -2.47. The zero-order valence-electron chi connectivity index (χ0n) is 12.7. The molecule has 2 aromatic rings. The zero-order chi connectivity index (χ0) is 16.1. The van der Waals surface area contributed by atoms with Gasteiger partial charge in [0.15, 0.2) is 0 Å². The van der Waals surface area contributed by atoms with Crippen LogP contribution in [0, 0.1) is 5.82 Å². The molecule has 1 saturated heterocycles. The van der Waals surface area contributed by atoms with Crippen LogP contribution in [0.25, 0.3) is 0 Å². The van der Waals surface area contributed by atoms with Crippen LogP contribution in [0.15, 0.2) is 42.7 Å². The smallest absolute Gasteiger partial charge is 0.138 e. The molecule has 3 rings (SSSR count). The Hall–Kier alpha value is -1.69. The number of piperazine rings is 1. The van der Waals surface area contributed by atoms with E-state index in [9.17, 15) is 4.39 Å². The molecule has 1 aliphatic rings. The molecule has 6 heteroatoms.